The molecule has 1 amide bonds. The molecule has 1 fully saturated rings. The number of amides is 1. The Morgan fingerprint density at radius 2 is 1.77 bits per heavy atom. The monoisotopic (exact) mass is 469 g/mol. The second-order valence-electron chi connectivity index (χ2n) is 10.6. The Kier molecular flexibility index (Phi) is 8.02. The predicted molar refractivity (Wildman–Crippen MR) is 143 cm³/mol. The summed E-state index contributed by atoms with van der Waals surface area (Å²) >= 11 is 0. The summed E-state index contributed by atoms with van der Waals surface area (Å²) in [4.78, 5) is 19.9. The molecular weight excluding hydrogens is 430 g/mol. The van der Waals surface area contributed by atoms with Crippen molar-refractivity contribution in [1.82, 2.24) is 15.2 Å². The summed E-state index contributed by atoms with van der Waals surface area (Å²) in [7, 11) is 0. The molecule has 3 aromatic rings. The Bertz CT molecular complexity index is 1130. The van der Waals surface area contributed by atoms with E-state index < -0.39 is 0 Å². The van der Waals surface area contributed by atoms with Crippen LogP contribution in [-0.2, 0) is 11.2 Å². The Labute approximate surface area is 210 Å². The molecule has 0 radical (unpaired) electrons. The zero-order valence-corrected chi connectivity index (χ0v) is 21.7. The molecule has 1 atom stereocenters. The molecule has 1 saturated heterocycles. The first-order valence-corrected chi connectivity index (χ1v) is 12.9. The van der Waals surface area contributed by atoms with Crippen molar-refractivity contribution in [3.63, 3.8) is 0 Å². The molecule has 2 heterocycles. The van der Waals surface area contributed by atoms with E-state index in [0.29, 0.717) is 12.0 Å². The number of nitrogens with zero attached hydrogens (tertiary/aromatic N) is 2. The van der Waals surface area contributed by atoms with Crippen molar-refractivity contribution >= 4 is 5.91 Å². The Balaban J connectivity index is 1.35. The van der Waals surface area contributed by atoms with Crippen LogP contribution in [0.1, 0.15) is 65.7 Å². The zero-order chi connectivity index (χ0) is 24.8. The van der Waals surface area contributed by atoms with Gasteiger partial charge >= 0.3 is 0 Å². The molecule has 1 N–H and O–H groups in total. The van der Waals surface area contributed by atoms with E-state index in [1.807, 2.05) is 30.5 Å². The van der Waals surface area contributed by atoms with Crippen LogP contribution in [0.15, 0.2) is 66.9 Å². The normalized spacial score (nSPS) is 16.6. The molecule has 0 spiro atoms. The summed E-state index contributed by atoms with van der Waals surface area (Å²) in [5.74, 6) is 0.0911. The Morgan fingerprint density at radius 3 is 2.46 bits per heavy atom. The van der Waals surface area contributed by atoms with Crippen molar-refractivity contribution in [2.24, 2.45) is 5.41 Å². The summed E-state index contributed by atoms with van der Waals surface area (Å²) in [6.07, 6.45) is 6.36. The fourth-order valence-corrected chi connectivity index (χ4v) is 5.26. The number of aryl methyl sites for hydroxylation is 4. The minimum absolute atomic E-state index is 0.0911. The van der Waals surface area contributed by atoms with Gasteiger partial charge in [0.2, 0.25) is 5.91 Å². The molecule has 1 aromatic heterocycles. The lowest BCUT2D eigenvalue weighted by Gasteiger charge is -2.39. The zero-order valence-electron chi connectivity index (χ0n) is 21.7. The second kappa shape index (κ2) is 11.2. The smallest absolute Gasteiger partial charge is 0.234 e. The third kappa shape index (κ3) is 6.58. The summed E-state index contributed by atoms with van der Waals surface area (Å²) in [5.41, 5.74) is 7.53. The van der Waals surface area contributed by atoms with Crippen molar-refractivity contribution in [2.75, 3.05) is 19.6 Å². The van der Waals surface area contributed by atoms with Gasteiger partial charge in [0.25, 0.3) is 0 Å². The molecule has 184 valence electrons. The van der Waals surface area contributed by atoms with Gasteiger partial charge in [-0.3, -0.25) is 14.7 Å². The van der Waals surface area contributed by atoms with Gasteiger partial charge in [-0.2, -0.15) is 0 Å². The highest BCUT2D eigenvalue weighted by atomic mass is 16.2. The first-order valence-electron chi connectivity index (χ1n) is 12.9. The summed E-state index contributed by atoms with van der Waals surface area (Å²) < 4.78 is 0. The van der Waals surface area contributed by atoms with E-state index in [4.69, 9.17) is 0 Å². The highest BCUT2D eigenvalue weighted by Crippen LogP contribution is 2.35. The van der Waals surface area contributed by atoms with E-state index in [2.05, 4.69) is 79.3 Å². The van der Waals surface area contributed by atoms with E-state index in [0.717, 1.165) is 49.2 Å². The van der Waals surface area contributed by atoms with Gasteiger partial charge in [-0.05, 0) is 93.3 Å². The Hall–Kier alpha value is -2.98. The SMILES string of the molecule is Cc1ccc(C(NC(=O)CN2CCC(C)(CCc3cccnc3C)CC2)c2ccccc2)c(C)c1. The van der Waals surface area contributed by atoms with Crippen LogP contribution in [-0.4, -0.2) is 35.4 Å². The molecule has 0 aliphatic carbocycles. The van der Waals surface area contributed by atoms with Gasteiger partial charge in [0.15, 0.2) is 0 Å². The fraction of sp³-hybridized carbons (Fsp3) is 0.419. The lowest BCUT2D eigenvalue weighted by Crippen LogP contribution is -2.45. The molecule has 4 nitrogen and oxygen atoms in total. The molecule has 35 heavy (non-hydrogen) atoms. The highest BCUT2D eigenvalue weighted by molar-refractivity contribution is 5.79. The molecule has 1 aliphatic heterocycles. The first kappa shape index (κ1) is 25.1. The lowest BCUT2D eigenvalue weighted by atomic mass is 9.76. The first-order chi connectivity index (χ1) is 16.8. The number of piperidine rings is 1. The van der Waals surface area contributed by atoms with Crippen LogP contribution in [0.2, 0.25) is 0 Å². The fourth-order valence-electron chi connectivity index (χ4n) is 5.26. The highest BCUT2D eigenvalue weighted by Gasteiger charge is 2.31. The number of benzene rings is 2. The number of aromatic nitrogens is 1. The maximum atomic E-state index is 13.2. The van der Waals surface area contributed by atoms with Crippen LogP contribution < -0.4 is 5.32 Å². The molecular formula is C31H39N3O. The third-order valence-electron chi connectivity index (χ3n) is 7.72. The molecule has 4 heteroatoms. The summed E-state index contributed by atoms with van der Waals surface area (Å²) in [6, 6.07) is 20.9. The van der Waals surface area contributed by atoms with E-state index >= 15 is 0 Å². The van der Waals surface area contributed by atoms with Crippen molar-refractivity contribution in [1.29, 1.82) is 0 Å². The topological polar surface area (TPSA) is 45.2 Å². The van der Waals surface area contributed by atoms with Gasteiger partial charge in [-0.15, -0.1) is 0 Å². The molecule has 1 unspecified atom stereocenters. The standard InChI is InChI=1S/C31H39N3O/c1-23-12-13-28(24(2)21-23)30(27-9-6-5-7-10-27)33-29(35)22-34-19-16-31(4,17-20-34)15-14-26-11-8-18-32-25(26)3/h5-13,18,21,30H,14-17,19-20,22H2,1-4H3,(H,33,35). The van der Waals surface area contributed by atoms with Gasteiger partial charge < -0.3 is 5.32 Å². The number of likely N-dealkylation sites (tertiary alicyclic amines) is 1. The van der Waals surface area contributed by atoms with Gasteiger partial charge in [0.05, 0.1) is 12.6 Å². The van der Waals surface area contributed by atoms with Crippen molar-refractivity contribution in [2.45, 2.75) is 59.4 Å². The van der Waals surface area contributed by atoms with E-state index in [-0.39, 0.29) is 11.9 Å². The number of nitrogens with one attached hydrogen (secondary N) is 1. The maximum absolute atomic E-state index is 13.2. The van der Waals surface area contributed by atoms with Crippen LogP contribution in [0.4, 0.5) is 0 Å². The number of hydrogen-bond acceptors (Lipinski definition) is 3. The number of hydrogen-bond donors (Lipinski definition) is 1. The maximum Gasteiger partial charge on any atom is 0.234 e. The van der Waals surface area contributed by atoms with Crippen molar-refractivity contribution < 1.29 is 4.79 Å². The van der Waals surface area contributed by atoms with Crippen LogP contribution in [0.5, 0.6) is 0 Å². The molecule has 1 aliphatic rings. The van der Waals surface area contributed by atoms with E-state index in [9.17, 15) is 4.79 Å². The van der Waals surface area contributed by atoms with Gasteiger partial charge in [0, 0.05) is 11.9 Å². The minimum Gasteiger partial charge on any atom is -0.344 e. The third-order valence-corrected chi connectivity index (χ3v) is 7.72. The van der Waals surface area contributed by atoms with E-state index in [1.54, 1.807) is 0 Å². The van der Waals surface area contributed by atoms with Gasteiger partial charge in [-0.25, -0.2) is 0 Å². The average Bonchev–Trinajstić information content (AvgIpc) is 2.85. The van der Waals surface area contributed by atoms with Gasteiger partial charge in [0.1, 0.15) is 0 Å². The lowest BCUT2D eigenvalue weighted by molar-refractivity contribution is -0.123. The number of carbonyl (C=O) groups is 1. The molecule has 0 bridgehead atoms. The molecule has 0 saturated carbocycles. The van der Waals surface area contributed by atoms with E-state index in [1.165, 1.54) is 23.1 Å². The minimum atomic E-state index is -0.137. The second-order valence-corrected chi connectivity index (χ2v) is 10.6. The number of pyridine rings is 1. The predicted octanol–water partition coefficient (Wildman–Crippen LogP) is 5.95. The number of carbonyl (C=O) groups excluding carboxylic acids is 1. The van der Waals surface area contributed by atoms with Crippen LogP contribution >= 0.6 is 0 Å². The quantitative estimate of drug-likeness (QED) is 0.444. The van der Waals surface area contributed by atoms with Crippen molar-refractivity contribution in [3.8, 4) is 0 Å². The molecule has 4 rings (SSSR count). The Morgan fingerprint density at radius 1 is 1.03 bits per heavy atom. The average molecular weight is 470 g/mol. The summed E-state index contributed by atoms with van der Waals surface area (Å²) in [5, 5.41) is 3.34. The van der Waals surface area contributed by atoms with Gasteiger partial charge in [-0.1, -0.05) is 67.1 Å². The van der Waals surface area contributed by atoms with Crippen LogP contribution in [0.25, 0.3) is 0 Å². The summed E-state index contributed by atoms with van der Waals surface area (Å²) in [6.45, 7) is 11.1. The van der Waals surface area contributed by atoms with Crippen molar-refractivity contribution in [3.05, 3.63) is 100 Å². The molecule has 2 aromatic carbocycles. The van der Waals surface area contributed by atoms with Crippen LogP contribution in [0, 0.1) is 26.2 Å². The largest absolute Gasteiger partial charge is 0.344 e. The number of rotatable bonds is 8. The van der Waals surface area contributed by atoms with Crippen LogP contribution in [0.3, 0.4) is 0 Å².